The number of nitrogens with zero attached hydrogens (tertiary/aromatic N) is 2. The number of esters is 1. The van der Waals surface area contributed by atoms with Crippen molar-refractivity contribution >= 4 is 29.1 Å². The van der Waals surface area contributed by atoms with Crippen LogP contribution in [0.5, 0.6) is 0 Å². The molecule has 0 saturated carbocycles. The van der Waals surface area contributed by atoms with Gasteiger partial charge in [-0.15, -0.1) is 10.2 Å². The smallest absolute Gasteiger partial charge is 0.316 e. The minimum absolute atomic E-state index is 0.169. The van der Waals surface area contributed by atoms with E-state index in [1.54, 1.807) is 5.51 Å². The lowest BCUT2D eigenvalue weighted by atomic mass is 9.85. The lowest BCUT2D eigenvalue weighted by Crippen LogP contribution is -2.22. The van der Waals surface area contributed by atoms with Gasteiger partial charge in [-0.25, -0.2) is 0 Å². The SMILES string of the molecule is CC1CC=CCC1COC(=O)CSc1nncs1. The second-order valence-electron chi connectivity index (χ2n) is 4.36. The maximum Gasteiger partial charge on any atom is 0.316 e. The largest absolute Gasteiger partial charge is 0.465 e. The normalized spacial score (nSPS) is 22.9. The van der Waals surface area contributed by atoms with E-state index in [0.717, 1.165) is 17.2 Å². The summed E-state index contributed by atoms with van der Waals surface area (Å²) in [5.74, 6) is 1.20. The fourth-order valence-corrected chi connectivity index (χ4v) is 3.11. The van der Waals surface area contributed by atoms with Gasteiger partial charge in [0.05, 0.1) is 12.4 Å². The highest BCUT2D eigenvalue weighted by Crippen LogP contribution is 2.25. The van der Waals surface area contributed by atoms with E-state index in [0.29, 0.717) is 24.2 Å². The van der Waals surface area contributed by atoms with Crippen molar-refractivity contribution in [2.24, 2.45) is 11.8 Å². The molecule has 6 heteroatoms. The number of carbonyl (C=O) groups is 1. The number of thioether (sulfide) groups is 1. The molecule has 0 bridgehead atoms. The summed E-state index contributed by atoms with van der Waals surface area (Å²) in [4.78, 5) is 11.6. The molecule has 0 amide bonds. The summed E-state index contributed by atoms with van der Waals surface area (Å²) in [6, 6.07) is 0. The van der Waals surface area contributed by atoms with Crippen LogP contribution >= 0.6 is 23.1 Å². The third-order valence-corrected chi connectivity index (χ3v) is 4.86. The lowest BCUT2D eigenvalue weighted by Gasteiger charge is -2.24. The zero-order valence-electron chi connectivity index (χ0n) is 10.2. The van der Waals surface area contributed by atoms with E-state index in [1.165, 1.54) is 23.1 Å². The van der Waals surface area contributed by atoms with Crippen LogP contribution in [-0.4, -0.2) is 28.5 Å². The predicted molar refractivity (Wildman–Crippen MR) is 72.6 cm³/mol. The molecule has 0 aliphatic heterocycles. The van der Waals surface area contributed by atoms with E-state index < -0.39 is 0 Å². The van der Waals surface area contributed by atoms with Crippen molar-refractivity contribution in [3.8, 4) is 0 Å². The molecule has 1 aromatic heterocycles. The Labute approximate surface area is 115 Å². The summed E-state index contributed by atoms with van der Waals surface area (Å²) in [5, 5.41) is 7.58. The Balaban J connectivity index is 1.67. The first-order chi connectivity index (χ1) is 8.75. The van der Waals surface area contributed by atoms with Crippen LogP contribution in [0.2, 0.25) is 0 Å². The topological polar surface area (TPSA) is 52.1 Å². The van der Waals surface area contributed by atoms with Crippen molar-refractivity contribution < 1.29 is 9.53 Å². The van der Waals surface area contributed by atoms with E-state index in [4.69, 9.17) is 4.74 Å². The van der Waals surface area contributed by atoms with Crippen LogP contribution in [0.4, 0.5) is 0 Å². The standard InChI is InChI=1S/C12H16N2O2S2/c1-9-4-2-3-5-10(9)6-16-11(15)7-17-12-14-13-8-18-12/h2-3,8-10H,4-7H2,1H3. The number of carbonyl (C=O) groups excluding carboxylic acids is 1. The van der Waals surface area contributed by atoms with Crippen LogP contribution < -0.4 is 0 Å². The number of hydrogen-bond acceptors (Lipinski definition) is 6. The minimum atomic E-state index is -0.169. The number of aromatic nitrogens is 2. The Bertz CT molecular complexity index is 406. The van der Waals surface area contributed by atoms with Gasteiger partial charge in [-0.2, -0.15) is 0 Å². The van der Waals surface area contributed by atoms with Gasteiger partial charge in [0.15, 0.2) is 4.34 Å². The molecule has 98 valence electrons. The second kappa shape index (κ2) is 6.89. The fourth-order valence-electron chi connectivity index (χ4n) is 1.83. The Morgan fingerprint density at radius 1 is 1.56 bits per heavy atom. The summed E-state index contributed by atoms with van der Waals surface area (Å²) in [6.07, 6.45) is 6.47. The summed E-state index contributed by atoms with van der Waals surface area (Å²) >= 11 is 2.81. The van der Waals surface area contributed by atoms with Crippen LogP contribution in [0.15, 0.2) is 22.0 Å². The number of hydrogen-bond donors (Lipinski definition) is 0. The highest BCUT2D eigenvalue weighted by molar-refractivity contribution is 8.01. The minimum Gasteiger partial charge on any atom is -0.465 e. The zero-order chi connectivity index (χ0) is 12.8. The van der Waals surface area contributed by atoms with Crippen LogP contribution in [-0.2, 0) is 9.53 Å². The van der Waals surface area contributed by atoms with Gasteiger partial charge in [-0.05, 0) is 24.7 Å². The molecular formula is C12H16N2O2S2. The van der Waals surface area contributed by atoms with Crippen molar-refractivity contribution in [2.75, 3.05) is 12.4 Å². The van der Waals surface area contributed by atoms with Crippen LogP contribution in [0.3, 0.4) is 0 Å². The monoisotopic (exact) mass is 284 g/mol. The van der Waals surface area contributed by atoms with E-state index in [2.05, 4.69) is 29.3 Å². The van der Waals surface area contributed by atoms with E-state index in [9.17, 15) is 4.79 Å². The van der Waals surface area contributed by atoms with Gasteiger partial charge in [0.25, 0.3) is 0 Å². The summed E-state index contributed by atoms with van der Waals surface area (Å²) in [6.45, 7) is 2.74. The molecular weight excluding hydrogens is 268 g/mol. The summed E-state index contributed by atoms with van der Waals surface area (Å²) < 4.78 is 6.12. The molecule has 1 aliphatic rings. The Kier molecular flexibility index (Phi) is 5.19. The first-order valence-electron chi connectivity index (χ1n) is 5.95. The molecule has 1 heterocycles. The number of allylic oxidation sites excluding steroid dienone is 2. The average molecular weight is 284 g/mol. The highest BCUT2D eigenvalue weighted by atomic mass is 32.2. The molecule has 2 unspecified atom stereocenters. The highest BCUT2D eigenvalue weighted by Gasteiger charge is 2.20. The van der Waals surface area contributed by atoms with E-state index >= 15 is 0 Å². The molecule has 0 saturated heterocycles. The van der Waals surface area contributed by atoms with Crippen molar-refractivity contribution in [1.82, 2.24) is 10.2 Å². The van der Waals surface area contributed by atoms with Gasteiger partial charge in [0.1, 0.15) is 5.51 Å². The van der Waals surface area contributed by atoms with Crippen molar-refractivity contribution in [3.63, 3.8) is 0 Å². The van der Waals surface area contributed by atoms with Gasteiger partial charge < -0.3 is 4.74 Å². The molecule has 0 fully saturated rings. The van der Waals surface area contributed by atoms with Crippen molar-refractivity contribution in [2.45, 2.75) is 24.1 Å². The summed E-state index contributed by atoms with van der Waals surface area (Å²) in [5.41, 5.74) is 1.66. The Morgan fingerprint density at radius 2 is 2.39 bits per heavy atom. The third kappa shape index (κ3) is 4.10. The van der Waals surface area contributed by atoms with E-state index in [-0.39, 0.29) is 5.97 Å². The van der Waals surface area contributed by atoms with E-state index in [1.807, 2.05) is 0 Å². The molecule has 4 nitrogen and oxygen atoms in total. The molecule has 0 N–H and O–H groups in total. The van der Waals surface area contributed by atoms with Crippen molar-refractivity contribution in [1.29, 1.82) is 0 Å². The first-order valence-corrected chi connectivity index (χ1v) is 7.82. The number of rotatable bonds is 5. The van der Waals surface area contributed by atoms with Gasteiger partial charge >= 0.3 is 5.97 Å². The van der Waals surface area contributed by atoms with Gasteiger partial charge in [0.2, 0.25) is 0 Å². The van der Waals surface area contributed by atoms with Crippen LogP contribution in [0, 0.1) is 11.8 Å². The maximum absolute atomic E-state index is 11.6. The number of ether oxygens (including phenoxy) is 1. The maximum atomic E-state index is 11.6. The Morgan fingerprint density at radius 3 is 3.11 bits per heavy atom. The average Bonchev–Trinajstić information content (AvgIpc) is 2.88. The quantitative estimate of drug-likeness (QED) is 0.473. The fraction of sp³-hybridized carbons (Fsp3) is 0.583. The molecule has 2 rings (SSSR count). The van der Waals surface area contributed by atoms with Crippen LogP contribution in [0.1, 0.15) is 19.8 Å². The molecule has 1 aliphatic carbocycles. The molecule has 18 heavy (non-hydrogen) atoms. The third-order valence-electron chi connectivity index (χ3n) is 3.03. The molecule has 1 aromatic rings. The lowest BCUT2D eigenvalue weighted by molar-refractivity contribution is -0.142. The molecule has 0 aromatic carbocycles. The molecule has 0 radical (unpaired) electrons. The summed E-state index contributed by atoms with van der Waals surface area (Å²) in [7, 11) is 0. The van der Waals surface area contributed by atoms with Gasteiger partial charge in [0, 0.05) is 0 Å². The molecule has 2 atom stereocenters. The van der Waals surface area contributed by atoms with Gasteiger partial charge in [-0.1, -0.05) is 42.2 Å². The second-order valence-corrected chi connectivity index (χ2v) is 6.41. The Hall–Kier alpha value is -0.880. The predicted octanol–water partition coefficient (Wildman–Crippen LogP) is 2.78. The van der Waals surface area contributed by atoms with Gasteiger partial charge in [-0.3, -0.25) is 4.79 Å². The molecule has 0 spiro atoms. The van der Waals surface area contributed by atoms with Crippen molar-refractivity contribution in [3.05, 3.63) is 17.7 Å². The zero-order valence-corrected chi connectivity index (χ0v) is 11.9. The van der Waals surface area contributed by atoms with Crippen LogP contribution in [0.25, 0.3) is 0 Å². The first kappa shape index (κ1) is 13.5.